The molecule has 1 rings (SSSR count). The van der Waals surface area contributed by atoms with Gasteiger partial charge in [-0.1, -0.05) is 6.92 Å². The van der Waals surface area contributed by atoms with Crippen molar-refractivity contribution < 1.29 is 13.2 Å². The highest BCUT2D eigenvalue weighted by Gasteiger charge is 2.31. The lowest BCUT2D eigenvalue weighted by Gasteiger charge is -2.16. The molecule has 0 amide bonds. The Morgan fingerprint density at radius 1 is 1.37 bits per heavy atom. The summed E-state index contributed by atoms with van der Waals surface area (Å²) in [5.74, 6) is 7.02. The number of anilines is 2. The van der Waals surface area contributed by atoms with Gasteiger partial charge in [-0.3, -0.25) is 0 Å². The molecule has 0 spiro atoms. The Morgan fingerprint density at radius 3 is 2.53 bits per heavy atom. The van der Waals surface area contributed by atoms with E-state index >= 15 is 0 Å². The summed E-state index contributed by atoms with van der Waals surface area (Å²) in [5, 5.41) is 2.94. The fourth-order valence-electron chi connectivity index (χ4n) is 1.43. The minimum atomic E-state index is -4.42. The quantitative estimate of drug-likeness (QED) is 0.556. The molecule has 1 unspecified atom stereocenters. The van der Waals surface area contributed by atoms with Crippen molar-refractivity contribution in [1.82, 2.24) is 4.98 Å². The zero-order valence-corrected chi connectivity index (χ0v) is 11.5. The molecule has 4 nitrogen and oxygen atoms in total. The van der Waals surface area contributed by atoms with Crippen molar-refractivity contribution in [1.29, 1.82) is 0 Å². The first kappa shape index (κ1) is 15.9. The number of pyridine rings is 1. The Hall–Kier alpha value is -1.15. The number of hydrogen-bond acceptors (Lipinski definition) is 5. The van der Waals surface area contributed by atoms with Gasteiger partial charge in [-0.25, -0.2) is 10.8 Å². The van der Waals surface area contributed by atoms with Crippen LogP contribution in [0, 0.1) is 0 Å². The number of alkyl halides is 3. The van der Waals surface area contributed by atoms with Crippen molar-refractivity contribution in [2.45, 2.75) is 26.1 Å². The minimum absolute atomic E-state index is 0.0200. The summed E-state index contributed by atoms with van der Waals surface area (Å²) in [4.78, 5) is 3.96. The molecule has 0 aliphatic heterocycles. The van der Waals surface area contributed by atoms with Gasteiger partial charge in [0.1, 0.15) is 11.6 Å². The van der Waals surface area contributed by atoms with Crippen LogP contribution in [0.1, 0.15) is 19.4 Å². The highest BCUT2D eigenvalue weighted by atomic mass is 32.2. The molecule has 0 aromatic carbocycles. The number of aromatic nitrogens is 1. The second kappa shape index (κ2) is 6.85. The normalized spacial score (nSPS) is 13.2. The van der Waals surface area contributed by atoms with Crippen LogP contribution < -0.4 is 16.6 Å². The number of nitrogens with zero attached hydrogens (tertiary/aromatic N) is 1. The van der Waals surface area contributed by atoms with Gasteiger partial charge in [-0.15, -0.1) is 0 Å². The predicted octanol–water partition coefficient (Wildman–Crippen LogP) is 2.94. The Balaban J connectivity index is 2.88. The van der Waals surface area contributed by atoms with Crippen molar-refractivity contribution in [2.24, 2.45) is 5.84 Å². The third-order valence-corrected chi connectivity index (χ3v) is 3.41. The lowest BCUT2D eigenvalue weighted by molar-refractivity contribution is -0.137. The fourth-order valence-corrected chi connectivity index (χ4v) is 2.10. The lowest BCUT2D eigenvalue weighted by Crippen LogP contribution is -2.20. The van der Waals surface area contributed by atoms with Gasteiger partial charge in [-0.05, 0) is 24.8 Å². The second-order valence-electron chi connectivity index (χ2n) is 3.97. The van der Waals surface area contributed by atoms with Crippen LogP contribution in [0.15, 0.2) is 12.1 Å². The first-order chi connectivity index (χ1) is 8.86. The van der Waals surface area contributed by atoms with Gasteiger partial charge in [-0.2, -0.15) is 24.9 Å². The van der Waals surface area contributed by atoms with E-state index in [0.717, 1.165) is 23.6 Å². The molecule has 0 aliphatic rings. The molecule has 0 bridgehead atoms. The van der Waals surface area contributed by atoms with Gasteiger partial charge in [0.05, 0.1) is 5.56 Å². The maximum Gasteiger partial charge on any atom is 0.416 e. The van der Waals surface area contributed by atoms with Crippen LogP contribution in [0.5, 0.6) is 0 Å². The Labute approximate surface area is 114 Å². The van der Waals surface area contributed by atoms with Crippen molar-refractivity contribution >= 4 is 23.4 Å². The van der Waals surface area contributed by atoms with E-state index in [-0.39, 0.29) is 17.7 Å². The zero-order valence-electron chi connectivity index (χ0n) is 10.7. The molecular weight excluding hydrogens is 277 g/mol. The standard InChI is InChI=1S/C11H17F3N4S/c1-3-19-6-7(2)16-9-4-8(11(12,13)14)5-10(17-9)18-15/h4-5,7H,3,6,15H2,1-2H3,(H2,16,17,18). The molecule has 0 saturated heterocycles. The van der Waals surface area contributed by atoms with Crippen LogP contribution >= 0.6 is 11.8 Å². The van der Waals surface area contributed by atoms with E-state index in [4.69, 9.17) is 5.84 Å². The summed E-state index contributed by atoms with van der Waals surface area (Å²) in [6.45, 7) is 3.91. The lowest BCUT2D eigenvalue weighted by atomic mass is 10.2. The smallest absolute Gasteiger partial charge is 0.367 e. The third-order valence-electron chi connectivity index (χ3n) is 2.27. The molecular formula is C11H17F3N4S. The highest BCUT2D eigenvalue weighted by molar-refractivity contribution is 7.99. The molecule has 19 heavy (non-hydrogen) atoms. The van der Waals surface area contributed by atoms with E-state index in [1.165, 1.54) is 0 Å². The summed E-state index contributed by atoms with van der Waals surface area (Å²) in [7, 11) is 0. The first-order valence-electron chi connectivity index (χ1n) is 5.77. The van der Waals surface area contributed by atoms with Crippen molar-refractivity contribution in [3.8, 4) is 0 Å². The maximum absolute atomic E-state index is 12.7. The van der Waals surface area contributed by atoms with E-state index in [9.17, 15) is 13.2 Å². The molecule has 1 heterocycles. The Morgan fingerprint density at radius 2 is 2.00 bits per heavy atom. The summed E-state index contributed by atoms with van der Waals surface area (Å²) in [6.07, 6.45) is -4.42. The van der Waals surface area contributed by atoms with Gasteiger partial charge in [0, 0.05) is 11.8 Å². The van der Waals surface area contributed by atoms with Crippen LogP contribution in [0.2, 0.25) is 0 Å². The predicted molar refractivity (Wildman–Crippen MR) is 73.1 cm³/mol. The van der Waals surface area contributed by atoms with Crippen LogP contribution in [-0.2, 0) is 6.18 Å². The number of hydrogen-bond donors (Lipinski definition) is 3. The topological polar surface area (TPSA) is 63.0 Å². The van der Waals surface area contributed by atoms with E-state index in [2.05, 4.69) is 15.7 Å². The van der Waals surface area contributed by atoms with Crippen LogP contribution in [0.3, 0.4) is 0 Å². The number of thioether (sulfide) groups is 1. The van der Waals surface area contributed by atoms with E-state index in [1.54, 1.807) is 11.8 Å². The van der Waals surface area contributed by atoms with E-state index in [0.29, 0.717) is 0 Å². The fraction of sp³-hybridized carbons (Fsp3) is 0.545. The number of rotatable bonds is 6. The van der Waals surface area contributed by atoms with Gasteiger partial charge in [0.25, 0.3) is 0 Å². The molecule has 0 saturated carbocycles. The van der Waals surface area contributed by atoms with Crippen LogP contribution in [0.4, 0.5) is 24.8 Å². The van der Waals surface area contributed by atoms with Crippen molar-refractivity contribution in [3.63, 3.8) is 0 Å². The van der Waals surface area contributed by atoms with Crippen LogP contribution in [0.25, 0.3) is 0 Å². The van der Waals surface area contributed by atoms with Crippen LogP contribution in [-0.4, -0.2) is 22.5 Å². The number of halogens is 3. The summed E-state index contributed by atoms with van der Waals surface area (Å²) < 4.78 is 38.1. The Kier molecular flexibility index (Phi) is 5.74. The maximum atomic E-state index is 12.7. The molecule has 1 atom stereocenters. The van der Waals surface area contributed by atoms with Gasteiger partial charge in [0.2, 0.25) is 0 Å². The van der Waals surface area contributed by atoms with Gasteiger partial charge in [0.15, 0.2) is 0 Å². The monoisotopic (exact) mass is 294 g/mol. The van der Waals surface area contributed by atoms with Gasteiger partial charge >= 0.3 is 6.18 Å². The number of nitrogens with two attached hydrogens (primary N) is 1. The minimum Gasteiger partial charge on any atom is -0.367 e. The molecule has 0 aliphatic carbocycles. The summed E-state index contributed by atoms with van der Waals surface area (Å²) >= 11 is 1.70. The summed E-state index contributed by atoms with van der Waals surface area (Å²) in [6, 6.07) is 1.87. The molecule has 0 fully saturated rings. The summed E-state index contributed by atoms with van der Waals surface area (Å²) in [5.41, 5.74) is 1.36. The van der Waals surface area contributed by atoms with E-state index in [1.807, 2.05) is 13.8 Å². The zero-order chi connectivity index (χ0) is 14.5. The molecule has 8 heteroatoms. The second-order valence-corrected chi connectivity index (χ2v) is 5.29. The SMILES string of the molecule is CCSCC(C)Nc1cc(C(F)(F)F)cc(NN)n1. The average Bonchev–Trinajstić information content (AvgIpc) is 2.34. The molecule has 4 N–H and O–H groups in total. The van der Waals surface area contributed by atoms with Gasteiger partial charge < -0.3 is 10.7 Å². The molecule has 1 aromatic rings. The van der Waals surface area contributed by atoms with Crippen molar-refractivity contribution in [3.05, 3.63) is 17.7 Å². The largest absolute Gasteiger partial charge is 0.416 e. The van der Waals surface area contributed by atoms with E-state index < -0.39 is 11.7 Å². The Bertz CT molecular complexity index is 411. The van der Waals surface area contributed by atoms with Crippen molar-refractivity contribution in [2.75, 3.05) is 22.2 Å². The number of hydrazine groups is 1. The average molecular weight is 294 g/mol. The highest BCUT2D eigenvalue weighted by Crippen LogP contribution is 2.32. The molecule has 108 valence electrons. The third kappa shape index (κ3) is 5.15. The molecule has 0 radical (unpaired) electrons. The molecule has 1 aromatic heterocycles. The number of nitrogen functional groups attached to an aromatic ring is 1. The first-order valence-corrected chi connectivity index (χ1v) is 6.92. The number of nitrogens with one attached hydrogen (secondary N) is 2.